The monoisotopic (exact) mass is 500 g/mol. The van der Waals surface area contributed by atoms with Crippen LogP contribution < -0.4 is 19.5 Å². The first kappa shape index (κ1) is 24.4. The molecule has 0 atom stereocenters. The van der Waals surface area contributed by atoms with Crippen molar-refractivity contribution in [2.75, 3.05) is 33.4 Å². The average Bonchev–Trinajstić information content (AvgIpc) is 3.50. The molecule has 1 N–H and O–H groups in total. The summed E-state index contributed by atoms with van der Waals surface area (Å²) in [4.78, 5) is 15.3. The van der Waals surface area contributed by atoms with E-state index in [4.69, 9.17) is 18.6 Å². The van der Waals surface area contributed by atoms with Crippen LogP contribution in [0.15, 0.2) is 41.0 Å². The molecule has 1 saturated carbocycles. The molecule has 3 aromatic rings. The smallest absolute Gasteiger partial charge is 0.387 e. The predicted octanol–water partition coefficient (Wildman–Crippen LogP) is 5.47. The Hall–Kier alpha value is -3.33. The Kier molecular flexibility index (Phi) is 7.27. The third kappa shape index (κ3) is 5.26. The fourth-order valence-corrected chi connectivity index (χ4v) is 4.75. The van der Waals surface area contributed by atoms with Gasteiger partial charge in [0.15, 0.2) is 0 Å². The number of amides is 1. The molecule has 1 aliphatic heterocycles. The van der Waals surface area contributed by atoms with Gasteiger partial charge in [-0.2, -0.15) is 8.78 Å². The molecule has 1 saturated heterocycles. The summed E-state index contributed by atoms with van der Waals surface area (Å²) in [5.41, 5.74) is 1.75. The van der Waals surface area contributed by atoms with Crippen molar-refractivity contribution >= 4 is 16.9 Å². The summed E-state index contributed by atoms with van der Waals surface area (Å²) in [5, 5.41) is 3.64. The van der Waals surface area contributed by atoms with Crippen LogP contribution in [0.3, 0.4) is 0 Å². The van der Waals surface area contributed by atoms with Crippen molar-refractivity contribution in [1.29, 1.82) is 0 Å². The highest BCUT2D eigenvalue weighted by Gasteiger charge is 2.27. The van der Waals surface area contributed by atoms with Crippen LogP contribution in [0.2, 0.25) is 0 Å². The van der Waals surface area contributed by atoms with Crippen LogP contribution in [0.4, 0.5) is 8.78 Å². The molecular weight excluding hydrogens is 470 g/mol. The van der Waals surface area contributed by atoms with Crippen LogP contribution >= 0.6 is 0 Å². The highest BCUT2D eigenvalue weighted by molar-refractivity contribution is 6.02. The molecule has 36 heavy (non-hydrogen) atoms. The normalized spacial score (nSPS) is 16.3. The number of rotatable bonds is 10. The number of halogens is 2. The topological polar surface area (TPSA) is 73.2 Å². The van der Waals surface area contributed by atoms with E-state index in [1.807, 2.05) is 18.2 Å². The lowest BCUT2D eigenvalue weighted by Crippen LogP contribution is -2.39. The number of hydrogen-bond acceptors (Lipinski definition) is 6. The van der Waals surface area contributed by atoms with Gasteiger partial charge in [-0.1, -0.05) is 0 Å². The van der Waals surface area contributed by atoms with Gasteiger partial charge in [0.25, 0.3) is 5.91 Å². The minimum atomic E-state index is -3.10. The van der Waals surface area contributed by atoms with Crippen molar-refractivity contribution in [3.63, 3.8) is 0 Å². The lowest BCUT2D eigenvalue weighted by molar-refractivity contribution is -0.0502. The van der Waals surface area contributed by atoms with Gasteiger partial charge in [-0.15, -0.1) is 0 Å². The van der Waals surface area contributed by atoms with E-state index in [0.29, 0.717) is 29.1 Å². The van der Waals surface area contributed by atoms with Crippen LogP contribution in [0, 0.1) is 0 Å². The van der Waals surface area contributed by atoms with E-state index >= 15 is 0 Å². The van der Waals surface area contributed by atoms with Gasteiger partial charge in [0, 0.05) is 29.6 Å². The van der Waals surface area contributed by atoms with E-state index in [2.05, 4.69) is 10.2 Å². The zero-order valence-electron chi connectivity index (χ0n) is 20.2. The molecule has 7 nitrogen and oxygen atoms in total. The van der Waals surface area contributed by atoms with E-state index in [0.717, 1.165) is 44.3 Å². The molecule has 2 fully saturated rings. The average molecular weight is 501 g/mol. The molecule has 192 valence electrons. The Morgan fingerprint density at radius 1 is 1.14 bits per heavy atom. The standard InChI is InChI=1S/C27H30F2N2O5/c1-33-23-13-17(14-24(36-27(28)29)25(23)26(32)30-18-5-4-6-18)21-16-35-22-15-19(7-8-20(21)22)34-12-11-31-9-2-3-10-31/h7-8,13-16,18,27H,2-6,9-12H2,1H3,(H,30,32). The van der Waals surface area contributed by atoms with Crippen LogP contribution in [-0.2, 0) is 0 Å². The maximum atomic E-state index is 13.3. The molecule has 2 aromatic carbocycles. The molecule has 0 radical (unpaired) electrons. The van der Waals surface area contributed by atoms with Gasteiger partial charge in [0.1, 0.15) is 35.0 Å². The van der Waals surface area contributed by atoms with Crippen LogP contribution in [0.25, 0.3) is 22.1 Å². The number of fused-ring (bicyclic) bond motifs is 1. The summed E-state index contributed by atoms with van der Waals surface area (Å²) in [6.45, 7) is 0.614. The number of benzene rings is 2. The third-order valence-electron chi connectivity index (χ3n) is 6.90. The first-order chi connectivity index (χ1) is 17.5. The summed E-state index contributed by atoms with van der Waals surface area (Å²) in [7, 11) is 1.39. The number of methoxy groups -OCH3 is 1. The molecule has 1 aromatic heterocycles. The SMILES string of the molecule is COc1cc(-c2coc3cc(OCCN4CCCC4)ccc23)cc(OC(F)F)c1C(=O)NC1CCC1. The molecule has 2 heterocycles. The summed E-state index contributed by atoms with van der Waals surface area (Å²) >= 11 is 0. The Morgan fingerprint density at radius 2 is 1.92 bits per heavy atom. The number of carbonyl (C=O) groups excluding carboxylic acids is 1. The molecule has 0 bridgehead atoms. The Bertz CT molecular complexity index is 1220. The van der Waals surface area contributed by atoms with E-state index < -0.39 is 12.5 Å². The van der Waals surface area contributed by atoms with Gasteiger partial charge >= 0.3 is 6.61 Å². The first-order valence-electron chi connectivity index (χ1n) is 12.4. The van der Waals surface area contributed by atoms with Crippen molar-refractivity contribution in [1.82, 2.24) is 10.2 Å². The number of alkyl halides is 2. The lowest BCUT2D eigenvalue weighted by Gasteiger charge is -2.27. The summed E-state index contributed by atoms with van der Waals surface area (Å²) in [6.07, 6.45) is 6.78. The second-order valence-electron chi connectivity index (χ2n) is 9.24. The van der Waals surface area contributed by atoms with Crippen LogP contribution in [0.5, 0.6) is 17.2 Å². The molecule has 9 heteroatoms. The Balaban J connectivity index is 1.41. The zero-order valence-corrected chi connectivity index (χ0v) is 20.2. The summed E-state index contributed by atoms with van der Waals surface area (Å²) < 4.78 is 48.5. The summed E-state index contributed by atoms with van der Waals surface area (Å²) in [6, 6.07) is 8.65. The molecule has 1 amide bonds. The third-order valence-corrected chi connectivity index (χ3v) is 6.90. The molecule has 0 unspecified atom stereocenters. The highest BCUT2D eigenvalue weighted by Crippen LogP contribution is 2.40. The number of nitrogens with one attached hydrogen (secondary N) is 1. The molecule has 2 aliphatic rings. The van der Waals surface area contributed by atoms with E-state index in [1.165, 1.54) is 26.0 Å². The van der Waals surface area contributed by atoms with Gasteiger partial charge < -0.3 is 23.9 Å². The first-order valence-corrected chi connectivity index (χ1v) is 12.4. The van der Waals surface area contributed by atoms with E-state index in [-0.39, 0.29) is 23.1 Å². The van der Waals surface area contributed by atoms with E-state index in [9.17, 15) is 13.6 Å². The molecule has 1 aliphatic carbocycles. The number of likely N-dealkylation sites (tertiary alicyclic amines) is 1. The van der Waals surface area contributed by atoms with Gasteiger partial charge in [0.05, 0.1) is 13.4 Å². The minimum Gasteiger partial charge on any atom is -0.496 e. The maximum absolute atomic E-state index is 13.3. The summed E-state index contributed by atoms with van der Waals surface area (Å²) in [5.74, 6) is 0.111. The van der Waals surface area contributed by atoms with Crippen molar-refractivity contribution in [2.24, 2.45) is 0 Å². The lowest BCUT2D eigenvalue weighted by atomic mass is 9.92. The molecular formula is C27H30F2N2O5. The minimum absolute atomic E-state index is 0.0332. The van der Waals surface area contributed by atoms with Gasteiger partial charge in [-0.3, -0.25) is 9.69 Å². The largest absolute Gasteiger partial charge is 0.496 e. The van der Waals surface area contributed by atoms with Crippen molar-refractivity contribution in [2.45, 2.75) is 44.8 Å². The maximum Gasteiger partial charge on any atom is 0.387 e. The predicted molar refractivity (Wildman–Crippen MR) is 131 cm³/mol. The Morgan fingerprint density at radius 3 is 2.61 bits per heavy atom. The van der Waals surface area contributed by atoms with Crippen LogP contribution in [-0.4, -0.2) is 56.8 Å². The number of hydrogen-bond donors (Lipinski definition) is 1. The van der Waals surface area contributed by atoms with Crippen molar-refractivity contribution in [3.8, 4) is 28.4 Å². The molecule has 5 rings (SSSR count). The Labute approximate surface area is 208 Å². The number of ether oxygens (including phenoxy) is 3. The second-order valence-corrected chi connectivity index (χ2v) is 9.24. The van der Waals surface area contributed by atoms with Crippen molar-refractivity contribution < 1.29 is 32.2 Å². The number of nitrogens with zero attached hydrogens (tertiary/aromatic N) is 1. The van der Waals surface area contributed by atoms with Gasteiger partial charge in [-0.05, 0) is 75.0 Å². The number of carbonyl (C=O) groups is 1. The fourth-order valence-electron chi connectivity index (χ4n) is 4.75. The number of furan rings is 1. The van der Waals surface area contributed by atoms with Crippen molar-refractivity contribution in [3.05, 3.63) is 42.2 Å². The second kappa shape index (κ2) is 10.7. The zero-order chi connectivity index (χ0) is 25.1. The van der Waals surface area contributed by atoms with Gasteiger partial charge in [-0.25, -0.2) is 0 Å². The molecule has 0 spiro atoms. The van der Waals surface area contributed by atoms with Crippen LogP contribution in [0.1, 0.15) is 42.5 Å². The quantitative estimate of drug-likeness (QED) is 0.398. The fraction of sp³-hybridized carbons (Fsp3) is 0.444. The van der Waals surface area contributed by atoms with Gasteiger partial charge in [0.2, 0.25) is 0 Å². The highest BCUT2D eigenvalue weighted by atomic mass is 19.3. The van der Waals surface area contributed by atoms with E-state index in [1.54, 1.807) is 12.3 Å².